The summed E-state index contributed by atoms with van der Waals surface area (Å²) in [6, 6.07) is 2.33. The minimum atomic E-state index is -0.778. The van der Waals surface area contributed by atoms with Gasteiger partial charge in [0.2, 0.25) is 0 Å². The van der Waals surface area contributed by atoms with Crippen molar-refractivity contribution in [3.05, 3.63) is 33.1 Å². The van der Waals surface area contributed by atoms with E-state index in [2.05, 4.69) is 0 Å². The van der Waals surface area contributed by atoms with Crippen LogP contribution in [-0.2, 0) is 0 Å². The molecule has 0 saturated heterocycles. The van der Waals surface area contributed by atoms with E-state index in [9.17, 15) is 14.5 Å². The van der Waals surface area contributed by atoms with E-state index < -0.39 is 10.7 Å². The molecule has 0 heterocycles. The fourth-order valence-electron chi connectivity index (χ4n) is 3.11. The molecule has 0 spiro atoms. The van der Waals surface area contributed by atoms with Crippen molar-refractivity contribution in [3.63, 3.8) is 0 Å². The van der Waals surface area contributed by atoms with Gasteiger partial charge in [0.25, 0.3) is 5.69 Å². The highest BCUT2D eigenvalue weighted by Gasteiger charge is 2.31. The Kier molecular flexibility index (Phi) is 5.00. The number of hydrogen-bond acceptors (Lipinski definition) is 4. The van der Waals surface area contributed by atoms with Crippen LogP contribution >= 0.6 is 11.6 Å². The number of benzene rings is 1. The van der Waals surface area contributed by atoms with Crippen LogP contribution in [0.25, 0.3) is 0 Å². The molecule has 1 fully saturated rings. The second-order valence-corrected chi connectivity index (χ2v) is 5.88. The lowest BCUT2D eigenvalue weighted by Crippen LogP contribution is -2.43. The van der Waals surface area contributed by atoms with Gasteiger partial charge in [0.15, 0.2) is 0 Å². The third kappa shape index (κ3) is 3.27. The third-order valence-corrected chi connectivity index (χ3v) is 4.55. The predicted molar refractivity (Wildman–Crippen MR) is 81.3 cm³/mol. The summed E-state index contributed by atoms with van der Waals surface area (Å²) in [6.07, 6.45) is 4.12. The quantitative estimate of drug-likeness (QED) is 0.683. The highest BCUT2D eigenvalue weighted by Crippen LogP contribution is 2.37. The smallest absolute Gasteiger partial charge is 0.295 e. The lowest BCUT2D eigenvalue weighted by Gasteiger charge is -2.38. The van der Waals surface area contributed by atoms with Gasteiger partial charge in [-0.1, -0.05) is 24.4 Å². The lowest BCUT2D eigenvalue weighted by molar-refractivity contribution is -0.384. The van der Waals surface area contributed by atoms with Crippen molar-refractivity contribution in [2.75, 3.05) is 18.5 Å². The number of anilines is 1. The number of hydrogen-bond donors (Lipinski definition) is 1. The summed E-state index contributed by atoms with van der Waals surface area (Å²) < 4.78 is 13.5. The topological polar surface area (TPSA) is 72.4 Å². The van der Waals surface area contributed by atoms with Crippen LogP contribution < -0.4 is 10.6 Å². The average Bonchev–Trinajstić information content (AvgIpc) is 2.48. The zero-order valence-corrected chi connectivity index (χ0v) is 12.6. The largest absolute Gasteiger partial charge is 0.366 e. The maximum absolute atomic E-state index is 13.5. The molecule has 5 nitrogen and oxygen atoms in total. The predicted octanol–water partition coefficient (Wildman–Crippen LogP) is 3.34. The Labute approximate surface area is 128 Å². The number of nitrogens with two attached hydrogens (primary N) is 1. The van der Waals surface area contributed by atoms with Crippen LogP contribution in [0.1, 0.15) is 25.7 Å². The number of nitro benzene ring substituents is 1. The van der Waals surface area contributed by atoms with Crippen LogP contribution in [0.2, 0.25) is 5.02 Å². The summed E-state index contributed by atoms with van der Waals surface area (Å²) in [7, 11) is 1.79. The van der Waals surface area contributed by atoms with Crippen molar-refractivity contribution < 1.29 is 9.31 Å². The number of nitrogens with zero attached hydrogens (tertiary/aromatic N) is 2. The number of rotatable bonds is 4. The Morgan fingerprint density at radius 3 is 2.76 bits per heavy atom. The molecule has 0 amide bonds. The molecule has 0 aromatic heterocycles. The molecular formula is C14H19ClFN3O2. The van der Waals surface area contributed by atoms with Crippen LogP contribution in [0, 0.1) is 21.8 Å². The summed E-state index contributed by atoms with van der Waals surface area (Å²) in [5.74, 6) is -0.494. The van der Waals surface area contributed by atoms with E-state index in [0.717, 1.165) is 31.7 Å². The van der Waals surface area contributed by atoms with Gasteiger partial charge in [0, 0.05) is 13.1 Å². The summed E-state index contributed by atoms with van der Waals surface area (Å²) in [4.78, 5) is 12.4. The molecule has 0 bridgehead atoms. The first kappa shape index (κ1) is 16.0. The zero-order chi connectivity index (χ0) is 15.6. The monoisotopic (exact) mass is 315 g/mol. The van der Waals surface area contributed by atoms with Gasteiger partial charge in [-0.05, 0) is 31.4 Å². The van der Waals surface area contributed by atoms with Crippen molar-refractivity contribution in [2.45, 2.75) is 31.7 Å². The SMILES string of the molecule is CN(c1cc(Cl)c(F)cc1[N+](=O)[O-])C1CCCCC1CN. The van der Waals surface area contributed by atoms with Crippen LogP contribution in [0.3, 0.4) is 0 Å². The van der Waals surface area contributed by atoms with Crippen molar-refractivity contribution in [3.8, 4) is 0 Å². The van der Waals surface area contributed by atoms with Gasteiger partial charge in [-0.25, -0.2) is 4.39 Å². The Hall–Kier alpha value is -1.40. The van der Waals surface area contributed by atoms with Gasteiger partial charge in [0.1, 0.15) is 11.5 Å². The second kappa shape index (κ2) is 6.58. The Bertz CT molecular complexity index is 541. The van der Waals surface area contributed by atoms with Crippen LogP contribution in [0.5, 0.6) is 0 Å². The van der Waals surface area contributed by atoms with Crippen molar-refractivity contribution in [1.29, 1.82) is 0 Å². The van der Waals surface area contributed by atoms with Crippen LogP contribution in [-0.4, -0.2) is 24.6 Å². The maximum Gasteiger partial charge on any atom is 0.295 e. The zero-order valence-electron chi connectivity index (χ0n) is 11.9. The Balaban J connectivity index is 2.39. The number of halogens is 2. The average molecular weight is 316 g/mol. The first-order chi connectivity index (χ1) is 9.95. The molecule has 1 aliphatic rings. The molecule has 0 radical (unpaired) electrons. The fraction of sp³-hybridized carbons (Fsp3) is 0.571. The van der Waals surface area contributed by atoms with Crippen LogP contribution in [0.15, 0.2) is 12.1 Å². The second-order valence-electron chi connectivity index (χ2n) is 5.47. The van der Waals surface area contributed by atoms with Crippen LogP contribution in [0.4, 0.5) is 15.8 Å². The summed E-state index contributed by atoms with van der Waals surface area (Å²) in [6.45, 7) is 0.539. The summed E-state index contributed by atoms with van der Waals surface area (Å²) >= 11 is 5.79. The van der Waals surface area contributed by atoms with E-state index in [1.165, 1.54) is 6.07 Å². The molecule has 1 saturated carbocycles. The highest BCUT2D eigenvalue weighted by molar-refractivity contribution is 6.31. The van der Waals surface area contributed by atoms with Gasteiger partial charge in [-0.3, -0.25) is 10.1 Å². The lowest BCUT2D eigenvalue weighted by atomic mass is 9.83. The third-order valence-electron chi connectivity index (χ3n) is 4.26. The highest BCUT2D eigenvalue weighted by atomic mass is 35.5. The van der Waals surface area contributed by atoms with Crippen molar-refractivity contribution >= 4 is 23.0 Å². The fourth-order valence-corrected chi connectivity index (χ4v) is 3.26. The molecule has 2 atom stereocenters. The van der Waals surface area contributed by atoms with E-state index in [-0.39, 0.29) is 22.7 Å². The molecule has 1 aromatic carbocycles. The minimum Gasteiger partial charge on any atom is -0.366 e. The van der Waals surface area contributed by atoms with Gasteiger partial charge in [-0.2, -0.15) is 0 Å². The van der Waals surface area contributed by atoms with E-state index in [1.807, 2.05) is 4.90 Å². The molecular weight excluding hydrogens is 297 g/mol. The maximum atomic E-state index is 13.5. The summed E-state index contributed by atoms with van der Waals surface area (Å²) in [5.41, 5.74) is 5.90. The van der Waals surface area contributed by atoms with E-state index in [1.54, 1.807) is 7.05 Å². The molecule has 1 aromatic rings. The van der Waals surface area contributed by atoms with E-state index in [0.29, 0.717) is 12.2 Å². The van der Waals surface area contributed by atoms with E-state index in [4.69, 9.17) is 17.3 Å². The Morgan fingerprint density at radius 1 is 1.48 bits per heavy atom. The van der Waals surface area contributed by atoms with Gasteiger partial charge < -0.3 is 10.6 Å². The molecule has 21 heavy (non-hydrogen) atoms. The first-order valence-corrected chi connectivity index (χ1v) is 7.39. The molecule has 1 aliphatic carbocycles. The van der Waals surface area contributed by atoms with Crippen molar-refractivity contribution in [2.24, 2.45) is 11.7 Å². The molecule has 2 unspecified atom stereocenters. The molecule has 7 heteroatoms. The van der Waals surface area contributed by atoms with Gasteiger partial charge in [0.05, 0.1) is 16.0 Å². The standard InChI is InChI=1S/C14H19ClFN3O2/c1-18(12-5-3-2-4-9(12)8-17)13-6-10(15)11(16)7-14(13)19(20)21/h6-7,9,12H,2-5,8,17H2,1H3. The van der Waals surface area contributed by atoms with Gasteiger partial charge >= 0.3 is 0 Å². The van der Waals surface area contributed by atoms with Crippen molar-refractivity contribution in [1.82, 2.24) is 0 Å². The van der Waals surface area contributed by atoms with Gasteiger partial charge in [-0.15, -0.1) is 0 Å². The minimum absolute atomic E-state index is 0.109. The molecule has 116 valence electrons. The first-order valence-electron chi connectivity index (χ1n) is 7.02. The normalized spacial score (nSPS) is 22.1. The Morgan fingerprint density at radius 2 is 2.14 bits per heavy atom. The molecule has 2 N–H and O–H groups in total. The van der Waals surface area contributed by atoms with E-state index >= 15 is 0 Å². The molecule has 2 rings (SSSR count). The number of nitro groups is 1. The summed E-state index contributed by atoms with van der Waals surface area (Å²) in [5, 5.41) is 11.1. The molecule has 0 aliphatic heterocycles.